The molecule has 4 rings (SSSR count). The van der Waals surface area contributed by atoms with Crippen molar-refractivity contribution in [2.45, 2.75) is 29.6 Å². The lowest BCUT2D eigenvalue weighted by Crippen LogP contribution is -2.27. The first-order valence-corrected chi connectivity index (χ1v) is 9.06. The second kappa shape index (κ2) is 4.67. The van der Waals surface area contributed by atoms with Gasteiger partial charge in [0.1, 0.15) is 4.90 Å². The van der Waals surface area contributed by atoms with Crippen molar-refractivity contribution in [3.05, 3.63) is 47.8 Å². The summed E-state index contributed by atoms with van der Waals surface area (Å²) in [5.74, 6) is 0.405. The zero-order valence-corrected chi connectivity index (χ0v) is 13.3. The number of hydrogen-bond acceptors (Lipinski definition) is 3. The van der Waals surface area contributed by atoms with Crippen LogP contribution in [0.25, 0.3) is 0 Å². The van der Waals surface area contributed by atoms with Gasteiger partial charge in [0.15, 0.2) is 0 Å². The van der Waals surface area contributed by atoms with Crippen molar-refractivity contribution in [1.82, 2.24) is 14.5 Å². The zero-order valence-electron chi connectivity index (χ0n) is 12.5. The zero-order chi connectivity index (χ0) is 15.4. The van der Waals surface area contributed by atoms with E-state index in [-0.39, 0.29) is 10.3 Å². The van der Waals surface area contributed by atoms with Crippen LogP contribution in [0.4, 0.5) is 0 Å². The molecule has 2 aliphatic rings. The van der Waals surface area contributed by atoms with Gasteiger partial charge in [0.25, 0.3) is 0 Å². The fourth-order valence-corrected chi connectivity index (χ4v) is 4.90. The molecule has 2 aromatic rings. The number of benzene rings is 1. The Kier molecular flexibility index (Phi) is 2.96. The molecule has 2 aliphatic carbocycles. The highest BCUT2D eigenvalue weighted by molar-refractivity contribution is 7.89. The van der Waals surface area contributed by atoms with Crippen molar-refractivity contribution in [3.63, 3.8) is 0 Å². The Morgan fingerprint density at radius 1 is 1.41 bits per heavy atom. The van der Waals surface area contributed by atoms with Crippen LogP contribution in [0, 0.1) is 5.92 Å². The second-order valence-corrected chi connectivity index (χ2v) is 8.18. The Labute approximate surface area is 130 Å². The van der Waals surface area contributed by atoms with Crippen molar-refractivity contribution in [3.8, 4) is 0 Å². The molecule has 1 N–H and O–H groups in total. The molecule has 0 bridgehead atoms. The van der Waals surface area contributed by atoms with Crippen molar-refractivity contribution < 1.29 is 8.42 Å². The SMILES string of the molecule is Cn1cc(S(=O)(=O)NC[C@H]2C[C@@]23CCc2ccccc23)cn1. The maximum absolute atomic E-state index is 12.3. The van der Waals surface area contributed by atoms with E-state index in [1.54, 1.807) is 7.05 Å². The number of aromatic nitrogens is 2. The van der Waals surface area contributed by atoms with Crippen LogP contribution >= 0.6 is 0 Å². The van der Waals surface area contributed by atoms with Crippen LogP contribution in [0.3, 0.4) is 0 Å². The van der Waals surface area contributed by atoms with Gasteiger partial charge in [-0.1, -0.05) is 24.3 Å². The molecule has 0 radical (unpaired) electrons. The second-order valence-electron chi connectivity index (χ2n) is 6.42. The smallest absolute Gasteiger partial charge is 0.243 e. The van der Waals surface area contributed by atoms with Gasteiger partial charge in [0.05, 0.1) is 6.20 Å². The summed E-state index contributed by atoms with van der Waals surface area (Å²) < 4.78 is 28.8. The van der Waals surface area contributed by atoms with Crippen LogP contribution in [0.15, 0.2) is 41.6 Å². The van der Waals surface area contributed by atoms with E-state index in [4.69, 9.17) is 0 Å². The van der Waals surface area contributed by atoms with E-state index in [1.165, 1.54) is 28.2 Å². The van der Waals surface area contributed by atoms with Gasteiger partial charge in [0.2, 0.25) is 10.0 Å². The van der Waals surface area contributed by atoms with Crippen LogP contribution < -0.4 is 4.72 Å². The molecule has 1 heterocycles. The quantitative estimate of drug-likeness (QED) is 0.931. The molecule has 1 aromatic heterocycles. The van der Waals surface area contributed by atoms with Crippen LogP contribution in [-0.4, -0.2) is 24.7 Å². The molecule has 22 heavy (non-hydrogen) atoms. The predicted molar refractivity (Wildman–Crippen MR) is 82.9 cm³/mol. The van der Waals surface area contributed by atoms with E-state index in [0.717, 1.165) is 19.3 Å². The average Bonchev–Trinajstić information content (AvgIpc) is 2.81. The molecule has 116 valence electrons. The minimum absolute atomic E-state index is 0.216. The number of fused-ring (bicyclic) bond motifs is 2. The topological polar surface area (TPSA) is 64.0 Å². The molecule has 2 atom stereocenters. The summed E-state index contributed by atoms with van der Waals surface area (Å²) >= 11 is 0. The van der Waals surface area contributed by atoms with Crippen LogP contribution in [-0.2, 0) is 28.9 Å². The van der Waals surface area contributed by atoms with Crippen LogP contribution in [0.1, 0.15) is 24.0 Å². The van der Waals surface area contributed by atoms with Crippen molar-refractivity contribution in [2.24, 2.45) is 13.0 Å². The molecule has 5 nitrogen and oxygen atoms in total. The highest BCUT2D eigenvalue weighted by atomic mass is 32.2. The van der Waals surface area contributed by atoms with Gasteiger partial charge in [-0.3, -0.25) is 4.68 Å². The third-order valence-electron chi connectivity index (χ3n) is 5.14. The maximum Gasteiger partial charge on any atom is 0.243 e. The van der Waals surface area contributed by atoms with Gasteiger partial charge >= 0.3 is 0 Å². The van der Waals surface area contributed by atoms with E-state index in [2.05, 4.69) is 34.1 Å². The average molecular weight is 317 g/mol. The van der Waals surface area contributed by atoms with Gasteiger partial charge in [0, 0.05) is 25.2 Å². The summed E-state index contributed by atoms with van der Waals surface area (Å²) in [7, 11) is -1.74. The minimum atomic E-state index is -3.45. The molecule has 0 unspecified atom stereocenters. The standard InChI is InChI=1S/C16H19N3O2S/c1-19-11-14(10-17-19)22(20,21)18-9-13-8-16(13)7-6-12-4-2-3-5-15(12)16/h2-5,10-11,13,18H,6-9H2,1H3/t13-,16+/m1/s1. The number of nitrogens with zero attached hydrogens (tertiary/aromatic N) is 2. The highest BCUT2D eigenvalue weighted by Crippen LogP contribution is 2.61. The maximum atomic E-state index is 12.3. The predicted octanol–water partition coefficient (Wildman–Crippen LogP) is 1.60. The van der Waals surface area contributed by atoms with Crippen molar-refractivity contribution >= 4 is 10.0 Å². The van der Waals surface area contributed by atoms with E-state index >= 15 is 0 Å². The summed E-state index contributed by atoms with van der Waals surface area (Å²) in [6.07, 6.45) is 6.25. The fraction of sp³-hybridized carbons (Fsp3) is 0.438. The Balaban J connectivity index is 1.47. The Bertz CT molecular complexity index is 827. The molecular formula is C16H19N3O2S. The summed E-state index contributed by atoms with van der Waals surface area (Å²) in [6, 6.07) is 8.57. The van der Waals surface area contributed by atoms with Gasteiger partial charge in [-0.2, -0.15) is 5.10 Å². The Morgan fingerprint density at radius 2 is 2.23 bits per heavy atom. The summed E-state index contributed by atoms with van der Waals surface area (Å²) in [4.78, 5) is 0.233. The summed E-state index contributed by atoms with van der Waals surface area (Å²) in [5, 5.41) is 3.92. The molecule has 1 saturated carbocycles. The third kappa shape index (κ3) is 2.09. The molecule has 0 aliphatic heterocycles. The molecular weight excluding hydrogens is 298 g/mol. The van der Waals surface area contributed by atoms with Crippen LogP contribution in [0.5, 0.6) is 0 Å². The lowest BCUT2D eigenvalue weighted by atomic mass is 9.95. The normalized spacial score (nSPS) is 26.3. The Morgan fingerprint density at radius 3 is 3.00 bits per heavy atom. The van der Waals surface area contributed by atoms with Gasteiger partial charge in [-0.15, -0.1) is 0 Å². The van der Waals surface area contributed by atoms with Gasteiger partial charge in [-0.05, 0) is 36.3 Å². The van der Waals surface area contributed by atoms with Gasteiger partial charge < -0.3 is 0 Å². The summed E-state index contributed by atoms with van der Waals surface area (Å²) in [5.41, 5.74) is 3.08. The first kappa shape index (κ1) is 14.0. The molecule has 6 heteroatoms. The highest BCUT2D eigenvalue weighted by Gasteiger charge is 2.57. The molecule has 0 amide bonds. The number of sulfonamides is 1. The largest absolute Gasteiger partial charge is 0.274 e. The number of nitrogens with one attached hydrogen (secondary N) is 1. The van der Waals surface area contributed by atoms with Crippen LogP contribution in [0.2, 0.25) is 0 Å². The summed E-state index contributed by atoms with van der Waals surface area (Å²) in [6.45, 7) is 0.506. The first-order valence-electron chi connectivity index (χ1n) is 7.58. The Hall–Kier alpha value is -1.66. The van der Waals surface area contributed by atoms with Crippen molar-refractivity contribution in [2.75, 3.05) is 6.54 Å². The first-order chi connectivity index (χ1) is 10.5. The number of hydrogen-bond donors (Lipinski definition) is 1. The number of aryl methyl sites for hydroxylation is 2. The van der Waals surface area contributed by atoms with E-state index < -0.39 is 10.0 Å². The lowest BCUT2D eigenvalue weighted by Gasteiger charge is -2.12. The third-order valence-corrected chi connectivity index (χ3v) is 6.52. The molecule has 1 fully saturated rings. The molecule has 0 saturated heterocycles. The minimum Gasteiger partial charge on any atom is -0.274 e. The van der Waals surface area contributed by atoms with Crippen molar-refractivity contribution in [1.29, 1.82) is 0 Å². The van der Waals surface area contributed by atoms with Gasteiger partial charge in [-0.25, -0.2) is 13.1 Å². The van der Waals surface area contributed by atoms with E-state index in [9.17, 15) is 8.42 Å². The molecule has 1 aromatic carbocycles. The monoisotopic (exact) mass is 317 g/mol. The lowest BCUT2D eigenvalue weighted by molar-refractivity contribution is 0.557. The van der Waals surface area contributed by atoms with E-state index in [1.807, 2.05) is 0 Å². The fourth-order valence-electron chi connectivity index (χ4n) is 3.83. The van der Waals surface area contributed by atoms with E-state index in [0.29, 0.717) is 12.5 Å². The molecule has 1 spiro atoms. The number of rotatable bonds is 4.